The van der Waals surface area contributed by atoms with E-state index in [4.69, 9.17) is 28.4 Å². The molecular formula is C24H34O12S2. The SMILES string of the molecule is CS(=O)(=O)OCCOc1ccccc1OCCOCCOCCOc1ccccc1OCCOS(C)(=O)=O. The van der Waals surface area contributed by atoms with Gasteiger partial charge in [-0.1, -0.05) is 24.3 Å². The number of ether oxygens (including phenoxy) is 6. The molecule has 0 bridgehead atoms. The monoisotopic (exact) mass is 578 g/mol. The van der Waals surface area contributed by atoms with Crippen molar-refractivity contribution >= 4 is 20.2 Å². The van der Waals surface area contributed by atoms with Crippen LogP contribution < -0.4 is 18.9 Å². The van der Waals surface area contributed by atoms with E-state index in [1.165, 1.54) is 0 Å². The largest absolute Gasteiger partial charge is 0.487 e. The minimum Gasteiger partial charge on any atom is -0.487 e. The fraction of sp³-hybridized carbons (Fsp3) is 0.500. The summed E-state index contributed by atoms with van der Waals surface area (Å²) in [7, 11) is -7.02. The Bertz CT molecular complexity index is 1060. The fourth-order valence-electron chi connectivity index (χ4n) is 2.79. The number of hydrogen-bond donors (Lipinski definition) is 0. The lowest BCUT2D eigenvalue weighted by Crippen LogP contribution is -2.14. The van der Waals surface area contributed by atoms with E-state index >= 15 is 0 Å². The molecule has 0 aliphatic carbocycles. The summed E-state index contributed by atoms with van der Waals surface area (Å²) in [5, 5.41) is 0. The maximum absolute atomic E-state index is 11.0. The maximum atomic E-state index is 11.0. The Hall–Kier alpha value is -2.62. The molecule has 0 saturated carbocycles. The standard InChI is InChI=1S/C24H34O12S2/c1-37(25,26)35-19-17-33-23-9-5-3-7-21(23)31-15-13-29-11-12-30-14-16-32-22-8-4-6-10-24(22)34-18-20-36-38(2,27)28/h3-10H,11-20H2,1-2H3. The Balaban J connectivity index is 1.54. The number of rotatable bonds is 21. The van der Waals surface area contributed by atoms with Gasteiger partial charge in [-0.2, -0.15) is 16.8 Å². The Morgan fingerprint density at radius 2 is 0.711 bits per heavy atom. The molecule has 0 atom stereocenters. The lowest BCUT2D eigenvalue weighted by atomic mass is 10.3. The predicted molar refractivity (Wildman–Crippen MR) is 138 cm³/mol. The van der Waals surface area contributed by atoms with Gasteiger partial charge < -0.3 is 28.4 Å². The Morgan fingerprint density at radius 1 is 0.447 bits per heavy atom. The number of benzene rings is 2. The average Bonchev–Trinajstić information content (AvgIpc) is 2.86. The van der Waals surface area contributed by atoms with Crippen molar-refractivity contribution in [2.24, 2.45) is 0 Å². The summed E-state index contributed by atoms with van der Waals surface area (Å²) in [4.78, 5) is 0. The Labute approximate surface area is 223 Å². The summed E-state index contributed by atoms with van der Waals surface area (Å²) in [6.07, 6.45) is 1.95. The van der Waals surface area contributed by atoms with Crippen molar-refractivity contribution in [1.29, 1.82) is 0 Å². The van der Waals surface area contributed by atoms with Crippen LogP contribution in [0.5, 0.6) is 23.0 Å². The summed E-state index contributed by atoms with van der Waals surface area (Å²) < 4.78 is 86.6. The zero-order chi connectivity index (χ0) is 27.7. The lowest BCUT2D eigenvalue weighted by molar-refractivity contribution is 0.0267. The first-order chi connectivity index (χ1) is 18.1. The van der Waals surface area contributed by atoms with Gasteiger partial charge in [0.05, 0.1) is 38.9 Å². The molecule has 2 aromatic rings. The van der Waals surface area contributed by atoms with Gasteiger partial charge in [-0.05, 0) is 24.3 Å². The highest BCUT2D eigenvalue weighted by Crippen LogP contribution is 2.27. The van der Waals surface area contributed by atoms with Gasteiger partial charge in [0.25, 0.3) is 20.2 Å². The lowest BCUT2D eigenvalue weighted by Gasteiger charge is -2.13. The highest BCUT2D eigenvalue weighted by molar-refractivity contribution is 7.86. The van der Waals surface area contributed by atoms with Gasteiger partial charge in [0.15, 0.2) is 23.0 Å². The van der Waals surface area contributed by atoms with E-state index in [2.05, 4.69) is 8.37 Å². The molecule has 0 heterocycles. The first kappa shape index (κ1) is 31.6. The van der Waals surface area contributed by atoms with Crippen LogP contribution in [0.3, 0.4) is 0 Å². The molecule has 2 aromatic carbocycles. The highest BCUT2D eigenvalue weighted by Gasteiger charge is 2.07. The van der Waals surface area contributed by atoms with Gasteiger partial charge in [0, 0.05) is 0 Å². The van der Waals surface area contributed by atoms with E-state index in [1.54, 1.807) is 48.5 Å². The zero-order valence-electron chi connectivity index (χ0n) is 21.4. The summed E-state index contributed by atoms with van der Waals surface area (Å²) in [5.74, 6) is 1.97. The molecular weight excluding hydrogens is 544 g/mol. The molecule has 14 heteroatoms. The van der Waals surface area contributed by atoms with Crippen LogP contribution in [0.15, 0.2) is 48.5 Å². The minimum absolute atomic E-state index is 0.0595. The van der Waals surface area contributed by atoms with Crippen molar-refractivity contribution in [1.82, 2.24) is 0 Å². The van der Waals surface area contributed by atoms with Crippen LogP contribution in [0.4, 0.5) is 0 Å². The molecule has 2 rings (SSSR count). The number of hydrogen-bond acceptors (Lipinski definition) is 12. The first-order valence-corrected chi connectivity index (χ1v) is 15.3. The van der Waals surface area contributed by atoms with Gasteiger partial charge in [-0.25, -0.2) is 0 Å². The molecule has 12 nitrogen and oxygen atoms in total. The molecule has 0 aromatic heterocycles. The summed E-state index contributed by atoms with van der Waals surface area (Å²) in [5.41, 5.74) is 0. The smallest absolute Gasteiger partial charge is 0.264 e. The van der Waals surface area contributed by atoms with Crippen LogP contribution in [-0.2, 0) is 38.1 Å². The van der Waals surface area contributed by atoms with Crippen molar-refractivity contribution in [3.05, 3.63) is 48.5 Å². The van der Waals surface area contributed by atoms with Gasteiger partial charge in [-0.3, -0.25) is 8.37 Å². The van der Waals surface area contributed by atoms with Gasteiger partial charge in [0.2, 0.25) is 0 Å². The Kier molecular flexibility index (Phi) is 14.2. The highest BCUT2D eigenvalue weighted by atomic mass is 32.2. The molecule has 214 valence electrons. The second-order valence-corrected chi connectivity index (χ2v) is 10.9. The van der Waals surface area contributed by atoms with Gasteiger partial charge >= 0.3 is 0 Å². The molecule has 0 aliphatic heterocycles. The van der Waals surface area contributed by atoms with Crippen molar-refractivity contribution < 1.29 is 53.6 Å². The third-order valence-corrected chi connectivity index (χ3v) is 5.51. The summed E-state index contributed by atoms with van der Waals surface area (Å²) in [6.45, 7) is 1.90. The first-order valence-electron chi connectivity index (χ1n) is 11.7. The van der Waals surface area contributed by atoms with Crippen LogP contribution in [0.1, 0.15) is 0 Å². The molecule has 0 saturated heterocycles. The average molecular weight is 579 g/mol. The third-order valence-electron chi connectivity index (χ3n) is 4.32. The van der Waals surface area contributed by atoms with Crippen LogP contribution in [0.2, 0.25) is 0 Å². The molecule has 0 fully saturated rings. The van der Waals surface area contributed by atoms with Crippen LogP contribution in [0.25, 0.3) is 0 Å². The zero-order valence-corrected chi connectivity index (χ0v) is 23.0. The van der Waals surface area contributed by atoms with E-state index in [1.807, 2.05) is 0 Å². The molecule has 0 radical (unpaired) electrons. The normalized spacial score (nSPS) is 11.7. The quantitative estimate of drug-likeness (QED) is 0.158. The number of para-hydroxylation sites is 4. The summed E-state index contributed by atoms with van der Waals surface area (Å²) in [6, 6.07) is 14.0. The third kappa shape index (κ3) is 15.0. The second kappa shape index (κ2) is 17.1. The van der Waals surface area contributed by atoms with Gasteiger partial charge in [-0.15, -0.1) is 0 Å². The van der Waals surface area contributed by atoms with E-state index in [0.717, 1.165) is 12.5 Å². The molecule has 0 amide bonds. The molecule has 0 spiro atoms. The Morgan fingerprint density at radius 3 is 1.00 bits per heavy atom. The predicted octanol–water partition coefficient (Wildman–Crippen LogP) is 1.89. The van der Waals surface area contributed by atoms with Crippen molar-refractivity contribution in [3.63, 3.8) is 0 Å². The second-order valence-electron chi connectivity index (χ2n) is 7.56. The topological polar surface area (TPSA) is 142 Å². The fourth-order valence-corrected chi connectivity index (χ4v) is 3.54. The minimum atomic E-state index is -3.51. The summed E-state index contributed by atoms with van der Waals surface area (Å²) >= 11 is 0. The van der Waals surface area contributed by atoms with Gasteiger partial charge in [0.1, 0.15) is 39.6 Å². The van der Waals surface area contributed by atoms with Crippen molar-refractivity contribution in [2.75, 3.05) is 78.6 Å². The van der Waals surface area contributed by atoms with Crippen molar-refractivity contribution in [2.45, 2.75) is 0 Å². The van der Waals surface area contributed by atoms with Crippen LogP contribution in [-0.4, -0.2) is 95.4 Å². The van der Waals surface area contributed by atoms with E-state index < -0.39 is 20.2 Å². The van der Waals surface area contributed by atoms with Crippen LogP contribution >= 0.6 is 0 Å². The van der Waals surface area contributed by atoms with E-state index in [9.17, 15) is 16.8 Å². The molecule has 38 heavy (non-hydrogen) atoms. The van der Waals surface area contributed by atoms with E-state index in [-0.39, 0.29) is 39.6 Å². The molecule has 0 aliphatic rings. The maximum Gasteiger partial charge on any atom is 0.264 e. The van der Waals surface area contributed by atoms with E-state index in [0.29, 0.717) is 49.4 Å². The molecule has 0 N–H and O–H groups in total. The van der Waals surface area contributed by atoms with Crippen LogP contribution in [0, 0.1) is 0 Å². The molecule has 0 unspecified atom stereocenters. The van der Waals surface area contributed by atoms with Crippen molar-refractivity contribution in [3.8, 4) is 23.0 Å².